The molecule has 2 N–H and O–H groups in total. The molecule has 0 aliphatic rings. The number of rotatable bonds is 4. The molecule has 1 atom stereocenters. The van der Waals surface area contributed by atoms with Gasteiger partial charge >= 0.3 is 0 Å². The lowest BCUT2D eigenvalue weighted by molar-refractivity contribution is 0.268. The molecule has 1 unspecified atom stereocenters. The Kier molecular flexibility index (Phi) is 4.30. The molecule has 0 fully saturated rings. The van der Waals surface area contributed by atoms with Crippen LogP contribution in [0.3, 0.4) is 0 Å². The molecule has 0 spiro atoms. The van der Waals surface area contributed by atoms with E-state index >= 15 is 0 Å². The van der Waals surface area contributed by atoms with Crippen molar-refractivity contribution in [1.82, 2.24) is 4.90 Å². The summed E-state index contributed by atoms with van der Waals surface area (Å²) in [5, 5.41) is 0. The second-order valence-electron chi connectivity index (χ2n) is 4.31. The molecular weight excluding hydrogens is 184 g/mol. The van der Waals surface area contributed by atoms with E-state index in [9.17, 15) is 0 Å². The van der Waals surface area contributed by atoms with Crippen molar-refractivity contribution in [1.29, 1.82) is 0 Å². The Balaban J connectivity index is 2.86. The Morgan fingerprint density at radius 1 is 1.33 bits per heavy atom. The van der Waals surface area contributed by atoms with Crippen molar-refractivity contribution in [2.24, 2.45) is 5.73 Å². The predicted molar refractivity (Wildman–Crippen MR) is 66.0 cm³/mol. The smallest absolute Gasteiger partial charge is 0.0319 e. The van der Waals surface area contributed by atoms with Gasteiger partial charge in [0.25, 0.3) is 0 Å². The summed E-state index contributed by atoms with van der Waals surface area (Å²) < 4.78 is 0. The van der Waals surface area contributed by atoms with Crippen LogP contribution in [0.25, 0.3) is 0 Å². The molecule has 1 rings (SSSR count). The first kappa shape index (κ1) is 12.2. The van der Waals surface area contributed by atoms with Crippen molar-refractivity contribution in [3.63, 3.8) is 0 Å². The van der Waals surface area contributed by atoms with Gasteiger partial charge in [0.15, 0.2) is 0 Å². The Bertz CT molecular complexity index is 320. The minimum atomic E-state index is 0.439. The first-order chi connectivity index (χ1) is 7.06. The lowest BCUT2D eigenvalue weighted by Crippen LogP contribution is -2.28. The van der Waals surface area contributed by atoms with Gasteiger partial charge in [-0.1, -0.05) is 23.8 Å². The van der Waals surface area contributed by atoms with E-state index in [-0.39, 0.29) is 0 Å². The van der Waals surface area contributed by atoms with Crippen LogP contribution in [-0.2, 0) is 0 Å². The van der Waals surface area contributed by atoms with Crippen molar-refractivity contribution in [3.05, 3.63) is 34.9 Å². The Morgan fingerprint density at radius 3 is 2.53 bits per heavy atom. The normalized spacial score (nSPS) is 13.2. The van der Waals surface area contributed by atoms with Crippen molar-refractivity contribution in [3.8, 4) is 0 Å². The van der Waals surface area contributed by atoms with E-state index in [0.717, 1.165) is 6.54 Å². The van der Waals surface area contributed by atoms with Gasteiger partial charge < -0.3 is 5.73 Å². The highest BCUT2D eigenvalue weighted by Gasteiger charge is 2.12. The van der Waals surface area contributed by atoms with Crippen LogP contribution in [0.4, 0.5) is 0 Å². The number of aryl methyl sites for hydroxylation is 2. The number of nitrogens with two attached hydrogens (primary N) is 1. The zero-order valence-corrected chi connectivity index (χ0v) is 10.2. The third kappa shape index (κ3) is 3.05. The van der Waals surface area contributed by atoms with E-state index in [1.165, 1.54) is 16.7 Å². The minimum absolute atomic E-state index is 0.439. The highest BCUT2D eigenvalue weighted by Crippen LogP contribution is 2.22. The largest absolute Gasteiger partial charge is 0.329 e. The van der Waals surface area contributed by atoms with Gasteiger partial charge in [-0.3, -0.25) is 4.90 Å². The van der Waals surface area contributed by atoms with Crippen LogP contribution < -0.4 is 5.73 Å². The summed E-state index contributed by atoms with van der Waals surface area (Å²) in [7, 11) is 2.12. The highest BCUT2D eigenvalue weighted by molar-refractivity contribution is 5.32. The molecule has 1 aromatic rings. The van der Waals surface area contributed by atoms with Crippen LogP contribution in [0.5, 0.6) is 0 Å². The van der Waals surface area contributed by atoms with E-state index in [1.54, 1.807) is 0 Å². The average Bonchev–Trinajstić information content (AvgIpc) is 2.17. The number of nitrogens with zero attached hydrogens (tertiary/aromatic N) is 1. The molecule has 0 bridgehead atoms. The Labute approximate surface area is 93.1 Å². The second-order valence-corrected chi connectivity index (χ2v) is 4.31. The third-order valence-electron chi connectivity index (χ3n) is 3.02. The Hall–Kier alpha value is -0.860. The number of benzene rings is 1. The fraction of sp³-hybridized carbons (Fsp3) is 0.538. The molecule has 84 valence electrons. The average molecular weight is 206 g/mol. The van der Waals surface area contributed by atoms with E-state index in [4.69, 9.17) is 5.73 Å². The molecule has 0 amide bonds. The SMILES string of the molecule is Cc1ccc(C(C)N(C)CCN)c(C)c1. The molecule has 15 heavy (non-hydrogen) atoms. The zero-order chi connectivity index (χ0) is 11.4. The van der Waals surface area contributed by atoms with Crippen LogP contribution in [0.2, 0.25) is 0 Å². The summed E-state index contributed by atoms with van der Waals surface area (Å²) in [4.78, 5) is 2.29. The van der Waals surface area contributed by atoms with Crippen molar-refractivity contribution < 1.29 is 0 Å². The summed E-state index contributed by atoms with van der Waals surface area (Å²) in [6.45, 7) is 8.19. The molecule has 2 nitrogen and oxygen atoms in total. The maximum absolute atomic E-state index is 5.57. The van der Waals surface area contributed by atoms with Gasteiger partial charge in [-0.15, -0.1) is 0 Å². The molecule has 1 aromatic carbocycles. The molecule has 0 radical (unpaired) electrons. The molecular formula is C13H22N2. The molecule has 0 aliphatic heterocycles. The summed E-state index contributed by atoms with van der Waals surface area (Å²) >= 11 is 0. The zero-order valence-electron chi connectivity index (χ0n) is 10.2. The third-order valence-corrected chi connectivity index (χ3v) is 3.02. The monoisotopic (exact) mass is 206 g/mol. The molecule has 0 saturated carbocycles. The van der Waals surface area contributed by atoms with Crippen molar-refractivity contribution in [2.75, 3.05) is 20.1 Å². The highest BCUT2D eigenvalue weighted by atomic mass is 15.1. The van der Waals surface area contributed by atoms with Gasteiger partial charge in [-0.2, -0.15) is 0 Å². The van der Waals surface area contributed by atoms with E-state index in [0.29, 0.717) is 12.6 Å². The van der Waals surface area contributed by atoms with Gasteiger partial charge in [-0.25, -0.2) is 0 Å². The van der Waals surface area contributed by atoms with E-state index < -0.39 is 0 Å². The van der Waals surface area contributed by atoms with E-state index in [2.05, 4.69) is 50.9 Å². The standard InChI is InChI=1S/C13H22N2/c1-10-5-6-13(11(2)9-10)12(3)15(4)8-7-14/h5-6,9,12H,7-8,14H2,1-4H3. The Morgan fingerprint density at radius 2 is 2.00 bits per heavy atom. The fourth-order valence-corrected chi connectivity index (χ4v) is 1.93. The first-order valence-electron chi connectivity index (χ1n) is 5.53. The quantitative estimate of drug-likeness (QED) is 0.818. The topological polar surface area (TPSA) is 29.3 Å². The number of hydrogen-bond acceptors (Lipinski definition) is 2. The van der Waals surface area contributed by atoms with Gasteiger partial charge in [-0.05, 0) is 38.9 Å². The van der Waals surface area contributed by atoms with Crippen LogP contribution in [0, 0.1) is 13.8 Å². The molecule has 0 heterocycles. The molecule has 0 aromatic heterocycles. The maximum atomic E-state index is 5.57. The molecule has 0 saturated heterocycles. The summed E-state index contributed by atoms with van der Waals surface area (Å²) in [6, 6.07) is 7.08. The van der Waals surface area contributed by atoms with Crippen LogP contribution >= 0.6 is 0 Å². The van der Waals surface area contributed by atoms with Crippen molar-refractivity contribution >= 4 is 0 Å². The maximum Gasteiger partial charge on any atom is 0.0319 e. The van der Waals surface area contributed by atoms with Crippen molar-refractivity contribution in [2.45, 2.75) is 26.8 Å². The van der Waals surface area contributed by atoms with Gasteiger partial charge in [0.2, 0.25) is 0 Å². The van der Waals surface area contributed by atoms with E-state index in [1.807, 2.05) is 0 Å². The number of hydrogen-bond donors (Lipinski definition) is 1. The second kappa shape index (κ2) is 5.29. The van der Waals surface area contributed by atoms with Crippen LogP contribution in [-0.4, -0.2) is 25.0 Å². The summed E-state index contributed by atoms with van der Waals surface area (Å²) in [5.41, 5.74) is 9.66. The lowest BCUT2D eigenvalue weighted by Gasteiger charge is -2.26. The summed E-state index contributed by atoms with van der Waals surface area (Å²) in [6.07, 6.45) is 0. The minimum Gasteiger partial charge on any atom is -0.329 e. The van der Waals surface area contributed by atoms with Crippen LogP contribution in [0.15, 0.2) is 18.2 Å². The van der Waals surface area contributed by atoms with Gasteiger partial charge in [0.05, 0.1) is 0 Å². The lowest BCUT2D eigenvalue weighted by atomic mass is 9.99. The predicted octanol–water partition coefficient (Wildman–Crippen LogP) is 2.25. The fourth-order valence-electron chi connectivity index (χ4n) is 1.93. The molecule has 0 aliphatic carbocycles. The molecule has 2 heteroatoms. The van der Waals surface area contributed by atoms with Gasteiger partial charge in [0, 0.05) is 19.1 Å². The summed E-state index contributed by atoms with van der Waals surface area (Å²) in [5.74, 6) is 0. The van der Waals surface area contributed by atoms with Gasteiger partial charge in [0.1, 0.15) is 0 Å². The van der Waals surface area contributed by atoms with Crippen LogP contribution in [0.1, 0.15) is 29.7 Å². The number of likely N-dealkylation sites (N-methyl/N-ethyl adjacent to an activating group) is 1. The first-order valence-corrected chi connectivity index (χ1v) is 5.53.